The van der Waals surface area contributed by atoms with Crippen molar-refractivity contribution in [1.82, 2.24) is 0 Å². The van der Waals surface area contributed by atoms with E-state index in [0.29, 0.717) is 155 Å². The minimum atomic E-state index is -1.04. The lowest BCUT2D eigenvalue weighted by Crippen LogP contribution is -2.41. The molecule has 0 bridgehead atoms. The van der Waals surface area contributed by atoms with Gasteiger partial charge in [-0.15, -0.1) is 0 Å². The minimum Gasteiger partial charge on any atom is -0.490 e. The van der Waals surface area contributed by atoms with E-state index < -0.39 is 59.4 Å². The van der Waals surface area contributed by atoms with Gasteiger partial charge in [0.1, 0.15) is 35.8 Å². The molecule has 134 heavy (non-hydrogen) atoms. The molecule has 2 saturated heterocycles. The first kappa shape index (κ1) is 109. The molecular formula is C102H128B2Br2O28. The minimum absolute atomic E-state index is 0.00296. The third-order valence-corrected chi connectivity index (χ3v) is 25.2. The molecule has 2 fully saturated rings. The molecule has 0 amide bonds. The summed E-state index contributed by atoms with van der Waals surface area (Å²) in [4.78, 5) is 60.4. The van der Waals surface area contributed by atoms with E-state index in [1.54, 1.807) is 28.1 Å². The lowest BCUT2D eigenvalue weighted by molar-refractivity contribution is -0.193. The fourth-order valence-electron chi connectivity index (χ4n) is 16.4. The lowest BCUT2D eigenvalue weighted by atomic mass is 9.64. The number of hydrogen-bond acceptors (Lipinski definition) is 28. The Hall–Kier alpha value is -8.57. The summed E-state index contributed by atoms with van der Waals surface area (Å²) < 4.78 is 119. The highest BCUT2D eigenvalue weighted by Gasteiger charge is 2.56. The number of carbonyl (C=O) groups excluding carboxylic acids is 6. The highest BCUT2D eigenvalue weighted by molar-refractivity contribution is 9.10. The topological polar surface area (TPSA) is 327 Å². The molecule has 2 aliphatic heterocycles. The summed E-state index contributed by atoms with van der Waals surface area (Å²) in [5.74, 6) is -0.160. The van der Waals surface area contributed by atoms with Crippen LogP contribution < -0.4 is 20.4 Å². The normalized spacial score (nSPS) is 15.0. The van der Waals surface area contributed by atoms with Gasteiger partial charge in [-0.25, -0.2) is 9.59 Å². The Morgan fingerprint density at radius 3 is 0.918 bits per heavy atom. The fraction of sp³-hybridized carbons (Fsp3) is 0.490. The van der Waals surface area contributed by atoms with Gasteiger partial charge in [0.15, 0.2) is 0 Å². The van der Waals surface area contributed by atoms with Crippen LogP contribution in [-0.4, -0.2) is 257 Å². The van der Waals surface area contributed by atoms with Gasteiger partial charge in [-0.3, -0.25) is 0 Å². The molecule has 8 aromatic rings. The van der Waals surface area contributed by atoms with E-state index in [9.17, 15) is 9.59 Å². The molecule has 0 radical (unpaired) electrons. The first-order chi connectivity index (χ1) is 64.6. The molecule has 32 heteroatoms. The maximum absolute atomic E-state index is 14.2. The first-order valence-electron chi connectivity index (χ1n) is 45.4. The number of benzene rings is 8. The molecule has 2 aliphatic carbocycles. The second-order valence-electron chi connectivity index (χ2n) is 33.5. The van der Waals surface area contributed by atoms with Crippen LogP contribution in [0.1, 0.15) is 171 Å². The Labute approximate surface area is 804 Å². The standard InChI is InChI=1S/C56H76B2O14.C44H52Br2O10.2CO2/c1-12-39-34-41(15-14-40(39)38-66-31-30-64-27-26-62-23-22-59)56(42-16-21-50(47(35-42)51(60)67-13-2)68-33-32-65-29-28-63-25-24-61-11)48-36-43(57-69-52(3,4)53(5,6)70-57)17-19-45(48)46-20-18-44(37-49(46)56)58-71-54(7,8)55(9,10)72-58;1-4-31-26-33(7-6-32(31)30-54-23-22-52-19-18-50-15-14-47)44(40-28-35(45)9-11-37(40)38-12-10-36(46)29-41(38)44)34-8-13-42(39(27-34)43(48)55-5-2)56-25-24-53-21-20-51-17-16-49-3;2*2-1-3/h14-21,34-37,59H,12-13,22-33,38H2,1-11H3;6-13,26-29,47H,4-5,14-25,30H2,1-3H3;;. The Balaban J connectivity index is 0.000000292. The van der Waals surface area contributed by atoms with Gasteiger partial charge in [0.25, 0.3) is 0 Å². The van der Waals surface area contributed by atoms with Crippen molar-refractivity contribution in [3.8, 4) is 33.8 Å². The Morgan fingerprint density at radius 1 is 0.336 bits per heavy atom. The Kier molecular flexibility index (Phi) is 43.9. The number of methoxy groups -OCH3 is 2. The van der Waals surface area contributed by atoms with Crippen LogP contribution in [-0.2, 0) is 141 Å². The Morgan fingerprint density at radius 2 is 0.612 bits per heavy atom. The molecule has 0 aromatic heterocycles. The zero-order valence-electron chi connectivity index (χ0n) is 79.5. The molecule has 0 spiro atoms. The maximum Gasteiger partial charge on any atom is 0.494 e. The van der Waals surface area contributed by atoms with Gasteiger partial charge in [-0.05, 0) is 231 Å². The van der Waals surface area contributed by atoms with E-state index in [1.807, 2.05) is 24.3 Å². The molecular weight excluding hydrogens is 1850 g/mol. The van der Waals surface area contributed by atoms with Crippen molar-refractivity contribution in [2.24, 2.45) is 0 Å². The second kappa shape index (κ2) is 54.0. The van der Waals surface area contributed by atoms with E-state index in [2.05, 4.69) is 222 Å². The van der Waals surface area contributed by atoms with Gasteiger partial charge in [-0.2, -0.15) is 19.2 Å². The highest BCUT2D eigenvalue weighted by Crippen LogP contribution is 2.60. The summed E-state index contributed by atoms with van der Waals surface area (Å²) in [6.45, 7) is 34.4. The van der Waals surface area contributed by atoms with Gasteiger partial charge in [-0.1, -0.05) is 143 Å². The van der Waals surface area contributed by atoms with Crippen molar-refractivity contribution < 1.29 is 133 Å². The number of rotatable bonds is 52. The number of aryl methyl sites for hydroxylation is 2. The van der Waals surface area contributed by atoms with E-state index in [1.165, 1.54) is 0 Å². The zero-order valence-corrected chi connectivity index (χ0v) is 82.7. The van der Waals surface area contributed by atoms with Crippen molar-refractivity contribution in [3.05, 3.63) is 232 Å². The van der Waals surface area contributed by atoms with Crippen LogP contribution in [0.4, 0.5) is 0 Å². The summed E-state index contributed by atoms with van der Waals surface area (Å²) in [6, 6.07) is 50.7. The molecule has 28 nitrogen and oxygen atoms in total. The molecule has 2 heterocycles. The molecule has 724 valence electrons. The van der Waals surface area contributed by atoms with Crippen LogP contribution in [0.2, 0.25) is 0 Å². The third-order valence-electron chi connectivity index (χ3n) is 24.2. The van der Waals surface area contributed by atoms with Crippen molar-refractivity contribution >= 4 is 81.3 Å². The largest absolute Gasteiger partial charge is 0.494 e. The zero-order chi connectivity index (χ0) is 96.9. The monoisotopic (exact) mass is 1980 g/mol. The Bertz CT molecular complexity index is 4960. The van der Waals surface area contributed by atoms with Crippen LogP contribution in [0.25, 0.3) is 22.3 Å². The van der Waals surface area contributed by atoms with Gasteiger partial charge in [0.2, 0.25) is 0 Å². The van der Waals surface area contributed by atoms with Gasteiger partial charge < -0.3 is 105 Å². The van der Waals surface area contributed by atoms with Gasteiger partial charge >= 0.3 is 38.5 Å². The molecule has 0 unspecified atom stereocenters. The number of fused-ring (bicyclic) bond motifs is 6. The van der Waals surface area contributed by atoms with E-state index in [4.69, 9.17) is 124 Å². The number of esters is 2. The van der Waals surface area contributed by atoms with Crippen LogP contribution in [0.3, 0.4) is 0 Å². The molecule has 0 saturated carbocycles. The lowest BCUT2D eigenvalue weighted by Gasteiger charge is -2.35. The maximum atomic E-state index is 14.2. The molecule has 2 N–H and O–H groups in total. The molecule has 0 atom stereocenters. The summed E-state index contributed by atoms with van der Waals surface area (Å²) in [5, 5.41) is 17.8. The van der Waals surface area contributed by atoms with E-state index in [-0.39, 0.29) is 65.2 Å². The van der Waals surface area contributed by atoms with Crippen LogP contribution in [0.15, 0.2) is 155 Å². The second-order valence-corrected chi connectivity index (χ2v) is 35.3. The summed E-state index contributed by atoms with van der Waals surface area (Å²) in [6.07, 6.45) is 2.02. The van der Waals surface area contributed by atoms with Crippen molar-refractivity contribution in [3.63, 3.8) is 0 Å². The predicted octanol–water partition coefficient (Wildman–Crippen LogP) is 13.7. The summed E-state index contributed by atoms with van der Waals surface area (Å²) in [5.41, 5.74) is 14.9. The van der Waals surface area contributed by atoms with E-state index >= 15 is 0 Å². The number of carbonyl (C=O) groups is 2. The van der Waals surface area contributed by atoms with E-state index in [0.717, 1.165) is 122 Å². The van der Waals surface area contributed by atoms with Crippen molar-refractivity contribution in [2.45, 2.75) is 142 Å². The number of hydrogen-bond donors (Lipinski definition) is 2. The number of aliphatic hydroxyl groups is 2. The van der Waals surface area contributed by atoms with Crippen molar-refractivity contribution in [2.75, 3.05) is 186 Å². The average Bonchev–Trinajstić information content (AvgIpc) is 1.53. The van der Waals surface area contributed by atoms with Gasteiger partial charge in [0, 0.05) is 23.2 Å². The summed E-state index contributed by atoms with van der Waals surface area (Å²) >= 11 is 7.56. The third kappa shape index (κ3) is 27.5. The summed E-state index contributed by atoms with van der Waals surface area (Å²) in [7, 11) is 1.98. The number of ether oxygens (including phenoxy) is 16. The predicted molar refractivity (Wildman–Crippen MR) is 510 cm³/mol. The molecule has 12 rings (SSSR count). The molecule has 4 aliphatic rings. The van der Waals surface area contributed by atoms with Crippen molar-refractivity contribution in [1.29, 1.82) is 0 Å². The average molecular weight is 1980 g/mol. The molecule has 8 aromatic carbocycles. The highest BCUT2D eigenvalue weighted by atomic mass is 79.9. The number of aliphatic hydroxyl groups excluding tert-OH is 2. The van der Waals surface area contributed by atoms with Crippen LogP contribution in [0.5, 0.6) is 11.5 Å². The quantitative estimate of drug-likeness (QED) is 0.0203. The van der Waals surface area contributed by atoms with Gasteiger partial charge in [0.05, 0.1) is 205 Å². The van der Waals surface area contributed by atoms with Crippen LogP contribution >= 0.6 is 31.9 Å². The fourth-order valence-corrected chi connectivity index (χ4v) is 17.1. The first-order valence-corrected chi connectivity index (χ1v) is 46.9. The number of halogens is 2. The smallest absolute Gasteiger partial charge is 0.490 e. The van der Waals surface area contributed by atoms with Crippen LogP contribution in [0, 0.1) is 0 Å². The SMILES string of the molecule is CCOC(=O)c1cc(C2(c3ccc(COCCOCCOCCO)c(CC)c3)c3cc(B4OC(C)(C)C(C)(C)O4)ccc3-c3ccc(B4OC(C)(C)C(C)(C)O4)cc32)ccc1OCCOCCOCCOC.CCOC(=O)c1cc(C2(c3ccc(COCCOCCOCCO)c(CC)c3)c3cc(Br)ccc3-c3ccc(Br)cc32)ccc1OCCOCCOCCOC.O=C=O.O=C=O.